The lowest BCUT2D eigenvalue weighted by molar-refractivity contribution is -0.135. The molecule has 2 aromatic rings. The topological polar surface area (TPSA) is 70.2 Å². The first-order valence-corrected chi connectivity index (χ1v) is 12.8. The number of aryl methyl sites for hydroxylation is 2. The van der Waals surface area contributed by atoms with E-state index in [9.17, 15) is 4.79 Å². The molecular formula is C27H40N4O2. The molecule has 1 aromatic heterocycles. The first-order chi connectivity index (χ1) is 16.1. The number of para-hydroxylation sites is 1. The molecule has 6 heteroatoms. The third kappa shape index (κ3) is 6.17. The molecule has 2 aliphatic heterocycles. The van der Waals surface area contributed by atoms with Gasteiger partial charge in [0, 0.05) is 24.9 Å². The van der Waals surface area contributed by atoms with Crippen molar-refractivity contribution in [2.75, 3.05) is 19.7 Å². The molecule has 3 heterocycles. The fourth-order valence-corrected chi connectivity index (χ4v) is 5.19. The lowest BCUT2D eigenvalue weighted by Gasteiger charge is -2.41. The molecule has 1 amide bonds. The maximum atomic E-state index is 13.4. The van der Waals surface area contributed by atoms with Crippen molar-refractivity contribution in [3.05, 3.63) is 47.5 Å². The van der Waals surface area contributed by atoms with E-state index in [1.807, 2.05) is 25.3 Å². The standard InChI is InChI=1S/C27H40N4O2/c1-3-4-12-25-28-18-23(30-25)19-31-16-14-27(15-17-31)13-8-7-10-22-9-5-6-11-24(22)33-20-21(2)29-26(27)32/h5-6,9,11,18,21H,3-4,7-8,10,12-17,19-20H2,1-2H3,(H,28,30)(H,29,32)/t21-/m1/s1. The smallest absolute Gasteiger partial charge is 0.226 e. The fraction of sp³-hybridized carbons (Fsp3) is 0.630. The Morgan fingerprint density at radius 2 is 2.00 bits per heavy atom. The van der Waals surface area contributed by atoms with Gasteiger partial charge < -0.3 is 15.0 Å². The summed E-state index contributed by atoms with van der Waals surface area (Å²) < 4.78 is 6.07. The second-order valence-corrected chi connectivity index (χ2v) is 10.0. The predicted molar refractivity (Wildman–Crippen MR) is 131 cm³/mol. The lowest BCUT2D eigenvalue weighted by Crippen LogP contribution is -2.51. The van der Waals surface area contributed by atoms with E-state index in [2.05, 4.69) is 39.2 Å². The van der Waals surface area contributed by atoms with Crippen LogP contribution in [0.1, 0.15) is 75.9 Å². The van der Waals surface area contributed by atoms with Crippen LogP contribution in [0.25, 0.3) is 0 Å². The Morgan fingerprint density at radius 3 is 2.82 bits per heavy atom. The van der Waals surface area contributed by atoms with Crippen LogP contribution in [-0.4, -0.2) is 46.5 Å². The summed E-state index contributed by atoms with van der Waals surface area (Å²) in [5, 5.41) is 3.28. The number of nitrogens with one attached hydrogen (secondary N) is 2. The van der Waals surface area contributed by atoms with Crippen LogP contribution in [0, 0.1) is 5.41 Å². The van der Waals surface area contributed by atoms with Gasteiger partial charge >= 0.3 is 0 Å². The van der Waals surface area contributed by atoms with Crippen LogP contribution >= 0.6 is 0 Å². The predicted octanol–water partition coefficient (Wildman–Crippen LogP) is 4.64. The summed E-state index contributed by atoms with van der Waals surface area (Å²) in [6, 6.07) is 8.31. The molecule has 0 bridgehead atoms. The molecule has 1 spiro atoms. The van der Waals surface area contributed by atoms with Crippen LogP contribution in [0.15, 0.2) is 30.5 Å². The number of carbonyl (C=O) groups is 1. The number of H-pyrrole nitrogens is 1. The molecule has 1 aromatic carbocycles. The number of benzene rings is 1. The van der Waals surface area contributed by atoms with Gasteiger partial charge in [0.2, 0.25) is 5.91 Å². The Kier molecular flexibility index (Phi) is 8.07. The van der Waals surface area contributed by atoms with Gasteiger partial charge in [0.15, 0.2) is 0 Å². The fourth-order valence-electron chi connectivity index (χ4n) is 5.19. The Balaban J connectivity index is 1.37. The van der Waals surface area contributed by atoms with Crippen molar-refractivity contribution in [1.29, 1.82) is 0 Å². The number of ether oxygens (including phenoxy) is 1. The number of likely N-dealkylation sites (tertiary alicyclic amines) is 1. The highest BCUT2D eigenvalue weighted by atomic mass is 16.5. The summed E-state index contributed by atoms with van der Waals surface area (Å²) in [4.78, 5) is 23.9. The van der Waals surface area contributed by atoms with Crippen LogP contribution < -0.4 is 10.1 Å². The molecule has 6 nitrogen and oxygen atoms in total. The number of aromatic amines is 1. The van der Waals surface area contributed by atoms with Gasteiger partial charge in [-0.1, -0.05) is 38.0 Å². The number of hydrogen-bond donors (Lipinski definition) is 2. The van der Waals surface area contributed by atoms with Crippen molar-refractivity contribution in [1.82, 2.24) is 20.2 Å². The molecular weight excluding hydrogens is 412 g/mol. The average Bonchev–Trinajstić information content (AvgIpc) is 3.27. The Morgan fingerprint density at radius 1 is 1.18 bits per heavy atom. The van der Waals surface area contributed by atoms with Crippen molar-refractivity contribution >= 4 is 5.91 Å². The quantitative estimate of drug-likeness (QED) is 0.693. The van der Waals surface area contributed by atoms with Crippen LogP contribution in [0.2, 0.25) is 0 Å². The Bertz CT molecular complexity index is 901. The number of carbonyl (C=O) groups excluding carboxylic acids is 1. The zero-order valence-corrected chi connectivity index (χ0v) is 20.4. The highest BCUT2D eigenvalue weighted by Gasteiger charge is 2.41. The second-order valence-electron chi connectivity index (χ2n) is 10.0. The molecule has 1 saturated heterocycles. The molecule has 2 aliphatic rings. The van der Waals surface area contributed by atoms with Gasteiger partial charge in [0.1, 0.15) is 18.2 Å². The molecule has 1 atom stereocenters. The second kappa shape index (κ2) is 11.2. The number of fused-ring (bicyclic) bond motifs is 1. The van der Waals surface area contributed by atoms with Crippen molar-refractivity contribution in [3.63, 3.8) is 0 Å². The minimum Gasteiger partial charge on any atom is -0.491 e. The molecule has 1 fully saturated rings. The molecule has 0 saturated carbocycles. The van der Waals surface area contributed by atoms with E-state index in [-0.39, 0.29) is 17.4 Å². The van der Waals surface area contributed by atoms with Crippen molar-refractivity contribution < 1.29 is 9.53 Å². The SMILES string of the molecule is CCCCc1ncc(CN2CCC3(CCCCc4ccccc4OC[C@@H](C)NC3=O)CC2)[nH]1. The average molecular weight is 453 g/mol. The van der Waals surface area contributed by atoms with Crippen LogP contribution in [-0.2, 0) is 24.2 Å². The first kappa shape index (κ1) is 23.8. The normalized spacial score (nSPS) is 22.0. The van der Waals surface area contributed by atoms with Crippen molar-refractivity contribution in [3.8, 4) is 5.75 Å². The highest BCUT2D eigenvalue weighted by molar-refractivity contribution is 5.83. The van der Waals surface area contributed by atoms with E-state index < -0.39 is 0 Å². The number of amides is 1. The molecule has 0 radical (unpaired) electrons. The maximum Gasteiger partial charge on any atom is 0.226 e. The third-order valence-electron chi connectivity index (χ3n) is 7.33. The Labute approximate surface area is 198 Å². The van der Waals surface area contributed by atoms with E-state index >= 15 is 0 Å². The van der Waals surface area contributed by atoms with Gasteiger partial charge in [-0.25, -0.2) is 4.98 Å². The molecule has 2 N–H and O–H groups in total. The summed E-state index contributed by atoms with van der Waals surface area (Å²) in [5.41, 5.74) is 2.20. The van der Waals surface area contributed by atoms with E-state index in [1.165, 1.54) is 24.1 Å². The number of rotatable bonds is 5. The summed E-state index contributed by atoms with van der Waals surface area (Å²) in [6.07, 6.45) is 11.3. The zero-order valence-electron chi connectivity index (χ0n) is 20.4. The van der Waals surface area contributed by atoms with Gasteiger partial charge in [-0.2, -0.15) is 0 Å². The number of unbranched alkanes of at least 4 members (excludes halogenated alkanes) is 1. The molecule has 33 heavy (non-hydrogen) atoms. The number of imidazole rings is 1. The minimum absolute atomic E-state index is 0.00794. The summed E-state index contributed by atoms with van der Waals surface area (Å²) >= 11 is 0. The maximum absolute atomic E-state index is 13.4. The minimum atomic E-state index is -0.260. The van der Waals surface area contributed by atoms with Crippen molar-refractivity contribution in [2.45, 2.75) is 84.2 Å². The van der Waals surface area contributed by atoms with E-state index in [4.69, 9.17) is 4.74 Å². The van der Waals surface area contributed by atoms with Gasteiger partial charge in [-0.3, -0.25) is 9.69 Å². The first-order valence-electron chi connectivity index (χ1n) is 12.8. The number of nitrogens with zero attached hydrogens (tertiary/aromatic N) is 2. The van der Waals surface area contributed by atoms with Crippen molar-refractivity contribution in [2.24, 2.45) is 5.41 Å². The number of piperidine rings is 1. The van der Waals surface area contributed by atoms with E-state index in [1.54, 1.807) is 0 Å². The molecule has 180 valence electrons. The zero-order chi connectivity index (χ0) is 23.1. The lowest BCUT2D eigenvalue weighted by atomic mass is 9.73. The van der Waals surface area contributed by atoms with E-state index in [0.717, 1.165) is 76.2 Å². The number of aromatic nitrogens is 2. The summed E-state index contributed by atoms with van der Waals surface area (Å²) in [6.45, 7) is 7.54. The summed E-state index contributed by atoms with van der Waals surface area (Å²) in [7, 11) is 0. The molecule has 0 aliphatic carbocycles. The largest absolute Gasteiger partial charge is 0.491 e. The van der Waals surface area contributed by atoms with Crippen LogP contribution in [0.3, 0.4) is 0 Å². The Hall–Kier alpha value is -2.34. The third-order valence-corrected chi connectivity index (χ3v) is 7.33. The van der Waals surface area contributed by atoms with Gasteiger partial charge in [0.25, 0.3) is 0 Å². The molecule has 4 rings (SSSR count). The molecule has 0 unspecified atom stereocenters. The van der Waals surface area contributed by atoms with Crippen LogP contribution in [0.5, 0.6) is 5.75 Å². The highest BCUT2D eigenvalue weighted by Crippen LogP contribution is 2.38. The van der Waals surface area contributed by atoms with Gasteiger partial charge in [-0.05, 0) is 70.2 Å². The van der Waals surface area contributed by atoms with Gasteiger partial charge in [0.05, 0.1) is 11.5 Å². The monoisotopic (exact) mass is 452 g/mol. The van der Waals surface area contributed by atoms with Crippen LogP contribution in [0.4, 0.5) is 0 Å². The van der Waals surface area contributed by atoms with E-state index in [0.29, 0.717) is 6.61 Å². The number of hydrogen-bond acceptors (Lipinski definition) is 4. The summed E-state index contributed by atoms with van der Waals surface area (Å²) in [5.74, 6) is 2.27. The van der Waals surface area contributed by atoms with Gasteiger partial charge in [-0.15, -0.1) is 0 Å².